The molecule has 1 aliphatic rings. The lowest BCUT2D eigenvalue weighted by atomic mass is 9.95. The Morgan fingerprint density at radius 2 is 1.81 bits per heavy atom. The molecule has 1 aliphatic heterocycles. The maximum absolute atomic E-state index is 12.9. The van der Waals surface area contributed by atoms with Crippen LogP contribution < -0.4 is 4.74 Å². The summed E-state index contributed by atoms with van der Waals surface area (Å²) in [6, 6.07) is 17.5. The highest BCUT2D eigenvalue weighted by molar-refractivity contribution is 7.18. The molecule has 0 aliphatic carbocycles. The lowest BCUT2D eigenvalue weighted by Gasteiger charge is -2.33. The van der Waals surface area contributed by atoms with Gasteiger partial charge in [0.2, 0.25) is 11.8 Å². The molecule has 3 aromatic rings. The molecular formula is C24H27N3O3S. The van der Waals surface area contributed by atoms with Crippen LogP contribution >= 0.6 is 11.3 Å². The molecule has 162 valence electrons. The first-order valence-corrected chi connectivity index (χ1v) is 11.5. The van der Waals surface area contributed by atoms with Crippen molar-refractivity contribution in [1.82, 2.24) is 14.8 Å². The topological polar surface area (TPSA) is 62.7 Å². The van der Waals surface area contributed by atoms with E-state index in [4.69, 9.17) is 4.74 Å². The lowest BCUT2D eigenvalue weighted by Crippen LogP contribution is -2.43. The number of carbonyl (C=O) groups excluding carboxylic acids is 2. The minimum Gasteiger partial charge on any atom is -0.493 e. The van der Waals surface area contributed by atoms with Crippen LogP contribution in [0.2, 0.25) is 0 Å². The van der Waals surface area contributed by atoms with Crippen LogP contribution in [0.5, 0.6) is 5.75 Å². The summed E-state index contributed by atoms with van der Waals surface area (Å²) in [7, 11) is 1.84. The molecule has 1 aromatic heterocycles. The fraction of sp³-hybridized carbons (Fsp3) is 0.375. The van der Waals surface area contributed by atoms with E-state index in [-0.39, 0.29) is 17.7 Å². The molecule has 0 atom stereocenters. The third-order valence-electron chi connectivity index (χ3n) is 5.61. The fourth-order valence-electron chi connectivity index (χ4n) is 3.89. The molecule has 1 fully saturated rings. The van der Waals surface area contributed by atoms with Gasteiger partial charge in [0.1, 0.15) is 10.8 Å². The quantitative estimate of drug-likeness (QED) is 0.561. The zero-order valence-corrected chi connectivity index (χ0v) is 18.5. The van der Waals surface area contributed by atoms with Crippen LogP contribution in [0.3, 0.4) is 0 Å². The highest BCUT2D eigenvalue weighted by Crippen LogP contribution is 2.24. The second-order valence-corrected chi connectivity index (χ2v) is 8.95. The molecule has 0 saturated carbocycles. The predicted molar refractivity (Wildman–Crippen MR) is 122 cm³/mol. The zero-order valence-electron chi connectivity index (χ0n) is 17.7. The number of nitrogens with zero attached hydrogens (tertiary/aromatic N) is 3. The third kappa shape index (κ3) is 5.41. The van der Waals surface area contributed by atoms with Crippen molar-refractivity contribution in [3.63, 3.8) is 0 Å². The van der Waals surface area contributed by atoms with Gasteiger partial charge in [-0.2, -0.15) is 0 Å². The molecule has 2 aromatic carbocycles. The molecule has 31 heavy (non-hydrogen) atoms. The Bertz CT molecular complexity index is 996. The van der Waals surface area contributed by atoms with Crippen LogP contribution in [-0.4, -0.2) is 53.3 Å². The highest BCUT2D eigenvalue weighted by Gasteiger charge is 2.29. The van der Waals surface area contributed by atoms with E-state index in [2.05, 4.69) is 11.1 Å². The Kier molecular flexibility index (Phi) is 6.82. The van der Waals surface area contributed by atoms with Crippen molar-refractivity contribution in [2.75, 3.05) is 26.7 Å². The van der Waals surface area contributed by atoms with Gasteiger partial charge in [-0.25, -0.2) is 4.98 Å². The van der Waals surface area contributed by atoms with Crippen LogP contribution in [0.1, 0.15) is 24.3 Å². The molecular weight excluding hydrogens is 410 g/mol. The Labute approximate surface area is 186 Å². The van der Waals surface area contributed by atoms with Gasteiger partial charge in [-0.1, -0.05) is 30.3 Å². The van der Waals surface area contributed by atoms with Crippen molar-refractivity contribution in [3.05, 3.63) is 59.6 Å². The normalized spacial score (nSPS) is 14.5. The number of likely N-dealkylation sites (tertiary alicyclic amines) is 1. The van der Waals surface area contributed by atoms with Gasteiger partial charge < -0.3 is 14.5 Å². The Morgan fingerprint density at radius 1 is 1.10 bits per heavy atom. The number of hydrogen-bond donors (Lipinski definition) is 0. The van der Waals surface area contributed by atoms with E-state index in [9.17, 15) is 9.59 Å². The SMILES string of the molecule is CN(Cc1nc2ccccc2s1)C(=O)C1CCN(C(=O)CCOc2ccccc2)CC1. The molecule has 0 spiro atoms. The van der Waals surface area contributed by atoms with Crippen LogP contribution in [0.4, 0.5) is 0 Å². The van der Waals surface area contributed by atoms with E-state index in [1.165, 1.54) is 0 Å². The average Bonchev–Trinajstić information content (AvgIpc) is 3.21. The standard InChI is InChI=1S/C24H27N3O3S/c1-26(17-22-25-20-9-5-6-10-21(20)31-22)24(29)18-11-14-27(15-12-18)23(28)13-16-30-19-7-3-2-4-8-19/h2-10,18H,11-17H2,1H3. The smallest absolute Gasteiger partial charge is 0.225 e. The van der Waals surface area contributed by atoms with Crippen molar-refractivity contribution in [2.45, 2.75) is 25.8 Å². The van der Waals surface area contributed by atoms with Crippen molar-refractivity contribution in [2.24, 2.45) is 5.92 Å². The molecule has 7 heteroatoms. The minimum absolute atomic E-state index is 0.0380. The first-order chi connectivity index (χ1) is 15.1. The van der Waals surface area contributed by atoms with E-state index < -0.39 is 0 Å². The first kappa shape index (κ1) is 21.3. The summed E-state index contributed by atoms with van der Waals surface area (Å²) in [6.07, 6.45) is 1.76. The number of ether oxygens (including phenoxy) is 1. The molecule has 1 saturated heterocycles. The number of para-hydroxylation sites is 2. The number of benzene rings is 2. The van der Waals surface area contributed by atoms with Crippen molar-refractivity contribution < 1.29 is 14.3 Å². The van der Waals surface area contributed by atoms with Crippen molar-refractivity contribution >= 4 is 33.4 Å². The monoisotopic (exact) mass is 437 g/mol. The highest BCUT2D eigenvalue weighted by atomic mass is 32.1. The predicted octanol–water partition coefficient (Wildman–Crippen LogP) is 3.96. The van der Waals surface area contributed by atoms with Gasteiger partial charge in [0.25, 0.3) is 0 Å². The number of rotatable bonds is 7. The number of aromatic nitrogens is 1. The van der Waals surface area contributed by atoms with Crippen LogP contribution in [0.25, 0.3) is 10.2 Å². The summed E-state index contributed by atoms with van der Waals surface area (Å²) in [5, 5.41) is 0.947. The van der Waals surface area contributed by atoms with Gasteiger partial charge in [-0.3, -0.25) is 9.59 Å². The summed E-state index contributed by atoms with van der Waals surface area (Å²) < 4.78 is 6.76. The number of hydrogen-bond acceptors (Lipinski definition) is 5. The second-order valence-electron chi connectivity index (χ2n) is 7.84. The van der Waals surface area contributed by atoms with Gasteiger partial charge in [0.15, 0.2) is 0 Å². The van der Waals surface area contributed by atoms with Gasteiger partial charge in [-0.05, 0) is 37.1 Å². The summed E-state index contributed by atoms with van der Waals surface area (Å²) in [5.74, 6) is 0.961. The molecule has 0 bridgehead atoms. The average molecular weight is 438 g/mol. The molecule has 0 N–H and O–H groups in total. The van der Waals surface area contributed by atoms with Gasteiger partial charge in [0.05, 0.1) is 29.8 Å². The van der Waals surface area contributed by atoms with E-state index in [1.807, 2.05) is 60.5 Å². The minimum atomic E-state index is -0.0380. The molecule has 4 rings (SSSR count). The molecule has 2 amide bonds. The summed E-state index contributed by atoms with van der Waals surface area (Å²) in [4.78, 5) is 33.6. The van der Waals surface area contributed by atoms with Gasteiger partial charge >= 0.3 is 0 Å². The van der Waals surface area contributed by atoms with E-state index in [1.54, 1.807) is 16.2 Å². The number of piperidine rings is 1. The number of thiazole rings is 1. The molecule has 6 nitrogen and oxygen atoms in total. The molecule has 2 heterocycles. The number of carbonyl (C=O) groups is 2. The maximum Gasteiger partial charge on any atom is 0.225 e. The summed E-state index contributed by atoms with van der Waals surface area (Å²) >= 11 is 1.63. The zero-order chi connectivity index (χ0) is 21.6. The van der Waals surface area contributed by atoms with Crippen LogP contribution in [0.15, 0.2) is 54.6 Å². The largest absolute Gasteiger partial charge is 0.493 e. The molecule has 0 radical (unpaired) electrons. The van der Waals surface area contributed by atoms with E-state index in [0.717, 1.165) is 21.0 Å². The fourth-order valence-corrected chi connectivity index (χ4v) is 4.91. The Morgan fingerprint density at radius 3 is 2.55 bits per heavy atom. The van der Waals surface area contributed by atoms with Gasteiger partial charge in [-0.15, -0.1) is 11.3 Å². The molecule has 0 unspecified atom stereocenters. The first-order valence-electron chi connectivity index (χ1n) is 10.6. The Hall–Kier alpha value is -2.93. The number of fused-ring (bicyclic) bond motifs is 1. The van der Waals surface area contributed by atoms with Crippen molar-refractivity contribution in [3.8, 4) is 5.75 Å². The number of amides is 2. The van der Waals surface area contributed by atoms with E-state index in [0.29, 0.717) is 45.5 Å². The lowest BCUT2D eigenvalue weighted by molar-refractivity contribution is -0.140. The third-order valence-corrected chi connectivity index (χ3v) is 6.63. The van der Waals surface area contributed by atoms with E-state index >= 15 is 0 Å². The maximum atomic E-state index is 12.9. The van der Waals surface area contributed by atoms with Crippen LogP contribution in [0, 0.1) is 5.92 Å². The van der Waals surface area contributed by atoms with Gasteiger partial charge in [0, 0.05) is 26.1 Å². The Balaban J connectivity index is 1.22. The summed E-state index contributed by atoms with van der Waals surface area (Å²) in [6.45, 7) is 2.13. The van der Waals surface area contributed by atoms with Crippen LogP contribution in [-0.2, 0) is 16.1 Å². The summed E-state index contributed by atoms with van der Waals surface area (Å²) in [5.41, 5.74) is 0.978. The second kappa shape index (κ2) is 9.92. The van der Waals surface area contributed by atoms with Crippen molar-refractivity contribution in [1.29, 1.82) is 0 Å².